The third kappa shape index (κ3) is 3.81. The van der Waals surface area contributed by atoms with Crippen LogP contribution in [0.4, 0.5) is 0 Å². The molecule has 2 aliphatic rings. The lowest BCUT2D eigenvalue weighted by Crippen LogP contribution is -2.37. The second-order valence-electron chi connectivity index (χ2n) is 8.89. The lowest BCUT2D eigenvalue weighted by atomic mass is 9.94. The van der Waals surface area contributed by atoms with Gasteiger partial charge in [0.1, 0.15) is 5.69 Å². The van der Waals surface area contributed by atoms with Gasteiger partial charge in [-0.25, -0.2) is 4.98 Å². The summed E-state index contributed by atoms with van der Waals surface area (Å²) in [5.41, 5.74) is 2.58. The molecule has 1 aromatic carbocycles. The van der Waals surface area contributed by atoms with E-state index < -0.39 is 0 Å². The largest absolute Gasteiger partial charge is 0.344 e. The highest BCUT2D eigenvalue weighted by Gasteiger charge is 2.38. The predicted octanol–water partition coefficient (Wildman–Crippen LogP) is 5.86. The molecule has 3 aromatic rings. The topological polar surface area (TPSA) is 62.3 Å². The molecule has 1 aliphatic heterocycles. The second kappa shape index (κ2) is 9.02. The Morgan fingerprint density at radius 1 is 1.19 bits per heavy atom. The maximum Gasteiger partial charge on any atom is 0.273 e. The summed E-state index contributed by atoms with van der Waals surface area (Å²) in [5, 5.41) is 6.15. The summed E-state index contributed by atoms with van der Waals surface area (Å²) in [6.07, 6.45) is 7.49. The summed E-state index contributed by atoms with van der Waals surface area (Å²) in [4.78, 5) is 34.9. The van der Waals surface area contributed by atoms with Gasteiger partial charge in [-0.2, -0.15) is 0 Å². The minimum Gasteiger partial charge on any atom is -0.344 e. The Morgan fingerprint density at radius 3 is 2.75 bits per heavy atom. The van der Waals surface area contributed by atoms with Gasteiger partial charge >= 0.3 is 0 Å². The minimum atomic E-state index is -0.106. The molecular weight excluding hydrogens is 418 g/mol. The highest BCUT2D eigenvalue weighted by Crippen LogP contribution is 2.35. The molecule has 0 radical (unpaired) electrons. The van der Waals surface area contributed by atoms with Crippen molar-refractivity contribution in [2.45, 2.75) is 70.5 Å². The molecule has 1 aliphatic carbocycles. The Morgan fingerprint density at radius 2 is 2.00 bits per heavy atom. The smallest absolute Gasteiger partial charge is 0.273 e. The van der Waals surface area contributed by atoms with Crippen molar-refractivity contribution in [1.82, 2.24) is 15.2 Å². The molecule has 5 rings (SSSR count). The molecule has 1 unspecified atom stereocenters. The molecule has 1 fully saturated rings. The average Bonchev–Trinajstić information content (AvgIpc) is 3.46. The molecule has 5 nitrogen and oxygen atoms in total. The number of nitrogens with one attached hydrogen (secondary N) is 1. The van der Waals surface area contributed by atoms with Gasteiger partial charge in [0, 0.05) is 28.4 Å². The zero-order valence-corrected chi connectivity index (χ0v) is 19.3. The van der Waals surface area contributed by atoms with Crippen molar-refractivity contribution in [2.75, 3.05) is 0 Å². The van der Waals surface area contributed by atoms with Crippen LogP contribution in [0.2, 0.25) is 0 Å². The standard InChI is InChI=1S/C26H29N3O2S/c1-2-9-21(22-14-8-15-32-22)28-25(30)23-18-12-6-7-13-20(18)27-24-19(23)16-29(26(24)31)17-10-4-3-5-11-17/h6-8,12-15,17,21H,2-5,9-11,16H2,1H3,(H,28,30). The van der Waals surface area contributed by atoms with Crippen molar-refractivity contribution in [2.24, 2.45) is 0 Å². The number of thiophene rings is 1. The van der Waals surface area contributed by atoms with Gasteiger partial charge in [-0.3, -0.25) is 9.59 Å². The van der Waals surface area contributed by atoms with E-state index in [1.165, 1.54) is 6.42 Å². The highest BCUT2D eigenvalue weighted by atomic mass is 32.1. The Kier molecular flexibility index (Phi) is 5.96. The number of benzene rings is 1. The summed E-state index contributed by atoms with van der Waals surface area (Å²) < 4.78 is 0. The Bertz CT molecular complexity index is 1140. The first-order valence-electron chi connectivity index (χ1n) is 11.7. The highest BCUT2D eigenvalue weighted by molar-refractivity contribution is 7.10. The van der Waals surface area contributed by atoms with Crippen LogP contribution in [0.3, 0.4) is 0 Å². The molecule has 6 heteroatoms. The van der Waals surface area contributed by atoms with E-state index in [1.807, 2.05) is 40.6 Å². The summed E-state index contributed by atoms with van der Waals surface area (Å²) >= 11 is 1.67. The summed E-state index contributed by atoms with van der Waals surface area (Å²) in [7, 11) is 0. The van der Waals surface area contributed by atoms with Gasteiger partial charge < -0.3 is 10.2 Å². The van der Waals surface area contributed by atoms with Crippen LogP contribution in [0.1, 0.15) is 89.2 Å². The van der Waals surface area contributed by atoms with E-state index in [-0.39, 0.29) is 23.9 Å². The predicted molar refractivity (Wildman–Crippen MR) is 128 cm³/mol. The number of amides is 2. The Balaban J connectivity index is 1.54. The van der Waals surface area contributed by atoms with Gasteiger partial charge in [-0.15, -0.1) is 11.3 Å². The lowest BCUT2D eigenvalue weighted by Gasteiger charge is -2.30. The van der Waals surface area contributed by atoms with Crippen molar-refractivity contribution in [1.29, 1.82) is 0 Å². The first-order chi connectivity index (χ1) is 15.7. The fourth-order valence-electron chi connectivity index (χ4n) is 5.20. The number of pyridine rings is 1. The molecule has 0 bridgehead atoms. The number of aromatic nitrogens is 1. The fourth-order valence-corrected chi connectivity index (χ4v) is 6.01. The van der Waals surface area contributed by atoms with E-state index in [0.717, 1.165) is 54.4 Å². The molecular formula is C26H29N3O2S. The molecule has 166 valence electrons. The molecule has 0 saturated heterocycles. The Labute approximate surface area is 192 Å². The number of carbonyl (C=O) groups is 2. The van der Waals surface area contributed by atoms with Crippen LogP contribution in [-0.2, 0) is 6.54 Å². The van der Waals surface area contributed by atoms with Gasteiger partial charge in [-0.05, 0) is 36.8 Å². The van der Waals surface area contributed by atoms with Crippen LogP contribution in [0.15, 0.2) is 41.8 Å². The lowest BCUT2D eigenvalue weighted by molar-refractivity contribution is 0.0655. The number of hydrogen-bond acceptors (Lipinski definition) is 4. The first-order valence-corrected chi connectivity index (χ1v) is 12.6. The monoisotopic (exact) mass is 447 g/mol. The zero-order valence-electron chi connectivity index (χ0n) is 18.5. The van der Waals surface area contributed by atoms with E-state index in [9.17, 15) is 9.59 Å². The number of fused-ring (bicyclic) bond motifs is 2. The summed E-state index contributed by atoms with van der Waals surface area (Å²) in [5.74, 6) is -0.125. The number of carbonyl (C=O) groups excluding carboxylic acids is 2. The molecule has 1 saturated carbocycles. The van der Waals surface area contributed by atoms with E-state index >= 15 is 0 Å². The van der Waals surface area contributed by atoms with E-state index in [2.05, 4.69) is 18.3 Å². The molecule has 3 heterocycles. The average molecular weight is 448 g/mol. The van der Waals surface area contributed by atoms with E-state index in [0.29, 0.717) is 23.3 Å². The molecule has 1 atom stereocenters. The molecule has 32 heavy (non-hydrogen) atoms. The minimum absolute atomic E-state index is 0.0185. The van der Waals surface area contributed by atoms with Crippen LogP contribution >= 0.6 is 11.3 Å². The number of para-hydroxylation sites is 1. The van der Waals surface area contributed by atoms with Crippen LogP contribution in [0.5, 0.6) is 0 Å². The van der Waals surface area contributed by atoms with Gasteiger partial charge in [0.05, 0.1) is 17.1 Å². The van der Waals surface area contributed by atoms with Crippen LogP contribution in [-0.4, -0.2) is 27.7 Å². The SMILES string of the molecule is CCCC(NC(=O)c1c2c(nc3ccccc13)C(=O)N(C1CCCCC1)C2)c1cccs1. The van der Waals surface area contributed by atoms with Gasteiger partial charge in [0.15, 0.2) is 0 Å². The van der Waals surface area contributed by atoms with Crippen LogP contribution in [0, 0.1) is 0 Å². The zero-order chi connectivity index (χ0) is 22.1. The third-order valence-electron chi connectivity index (χ3n) is 6.80. The number of rotatable bonds is 6. The van der Waals surface area contributed by atoms with E-state index in [1.54, 1.807) is 11.3 Å². The summed E-state index contributed by atoms with van der Waals surface area (Å²) in [6.45, 7) is 2.61. The van der Waals surface area contributed by atoms with Crippen molar-refractivity contribution in [3.63, 3.8) is 0 Å². The third-order valence-corrected chi connectivity index (χ3v) is 7.78. The van der Waals surface area contributed by atoms with Crippen molar-refractivity contribution >= 4 is 34.1 Å². The molecule has 2 aromatic heterocycles. The second-order valence-corrected chi connectivity index (χ2v) is 9.87. The van der Waals surface area contributed by atoms with Gasteiger partial charge in [0.25, 0.3) is 11.8 Å². The first kappa shape index (κ1) is 21.1. The van der Waals surface area contributed by atoms with Crippen molar-refractivity contribution in [3.8, 4) is 0 Å². The van der Waals surface area contributed by atoms with Gasteiger partial charge in [-0.1, -0.05) is 56.9 Å². The van der Waals surface area contributed by atoms with Crippen molar-refractivity contribution < 1.29 is 9.59 Å². The maximum absolute atomic E-state index is 13.7. The van der Waals surface area contributed by atoms with E-state index in [4.69, 9.17) is 4.98 Å². The molecule has 2 amide bonds. The Hall–Kier alpha value is -2.73. The van der Waals surface area contributed by atoms with Crippen LogP contribution < -0.4 is 5.32 Å². The van der Waals surface area contributed by atoms with Gasteiger partial charge in [0.2, 0.25) is 0 Å². The maximum atomic E-state index is 13.7. The van der Waals surface area contributed by atoms with Crippen molar-refractivity contribution in [3.05, 3.63) is 63.5 Å². The van der Waals surface area contributed by atoms with Crippen LogP contribution in [0.25, 0.3) is 10.9 Å². The molecule has 0 spiro atoms. The summed E-state index contributed by atoms with van der Waals surface area (Å²) in [6, 6.07) is 12.0. The fraction of sp³-hybridized carbons (Fsp3) is 0.423. The molecule has 1 N–H and O–H groups in total. The quantitative estimate of drug-likeness (QED) is 0.515. The number of hydrogen-bond donors (Lipinski definition) is 1. The normalized spacial score (nSPS) is 17.5. The number of nitrogens with zero attached hydrogens (tertiary/aromatic N) is 2.